The van der Waals surface area contributed by atoms with Crippen molar-refractivity contribution in [2.75, 3.05) is 56.0 Å². The van der Waals surface area contributed by atoms with Gasteiger partial charge in [0.05, 0.1) is 23.3 Å². The number of amidine groups is 1. The van der Waals surface area contributed by atoms with E-state index in [1.165, 1.54) is 12.1 Å². The molecule has 2 aromatic rings. The van der Waals surface area contributed by atoms with Gasteiger partial charge in [-0.2, -0.15) is 13.2 Å². The molecule has 0 amide bonds. The first-order chi connectivity index (χ1) is 19.9. The normalized spacial score (nSPS) is 23.8. The third-order valence-corrected chi connectivity index (χ3v) is 9.28. The van der Waals surface area contributed by atoms with Crippen molar-refractivity contribution in [1.82, 2.24) is 19.8 Å². The Balaban J connectivity index is 1.35. The molecule has 2 fully saturated rings. The third kappa shape index (κ3) is 7.54. The van der Waals surface area contributed by atoms with Gasteiger partial charge in [-0.3, -0.25) is 19.6 Å². The Morgan fingerprint density at radius 3 is 2.52 bits per heavy atom. The van der Waals surface area contributed by atoms with Gasteiger partial charge in [0.25, 0.3) is 0 Å². The summed E-state index contributed by atoms with van der Waals surface area (Å²) < 4.78 is 41.1. The fraction of sp³-hybridized carbons (Fsp3) is 0.586. The zero-order valence-electron chi connectivity index (χ0n) is 24.2. The number of aryl methyl sites for hydroxylation is 2. The summed E-state index contributed by atoms with van der Waals surface area (Å²) in [7, 11) is 0. The summed E-state index contributed by atoms with van der Waals surface area (Å²) in [6, 6.07) is 6.13. The van der Waals surface area contributed by atoms with Crippen molar-refractivity contribution >= 4 is 34.5 Å². The molecule has 13 heteroatoms. The molecule has 5 rings (SSSR count). The number of carbonyl (C=O) groups is 1. The molecule has 3 aliphatic rings. The number of carboxylic acids is 1. The second kappa shape index (κ2) is 12.8. The van der Waals surface area contributed by atoms with Crippen LogP contribution in [0.15, 0.2) is 29.3 Å². The van der Waals surface area contributed by atoms with E-state index in [-0.39, 0.29) is 11.7 Å². The first kappa shape index (κ1) is 30.6. The number of carboxylic acid groups (broad SMARTS) is 1. The minimum atomic E-state index is -4.42. The SMILES string of the molecule is Cc1cc(C2N=C(Nc3cc(N4CCN(CCC(=O)O)CC4)nc(C)n3)SC2CN2CCCC2C)cc(C(F)(F)F)c1. The van der Waals surface area contributed by atoms with Crippen molar-refractivity contribution in [3.8, 4) is 0 Å². The van der Waals surface area contributed by atoms with Crippen LogP contribution in [-0.4, -0.2) is 93.1 Å². The van der Waals surface area contributed by atoms with Crippen molar-refractivity contribution in [3.63, 3.8) is 0 Å². The van der Waals surface area contributed by atoms with Crippen LogP contribution in [0.25, 0.3) is 0 Å². The number of anilines is 2. The summed E-state index contributed by atoms with van der Waals surface area (Å²) in [6.07, 6.45) is -2.06. The van der Waals surface area contributed by atoms with Crippen LogP contribution in [0.3, 0.4) is 0 Å². The van der Waals surface area contributed by atoms with Gasteiger partial charge in [0.15, 0.2) is 5.17 Å². The number of nitrogens with one attached hydrogen (secondary N) is 1. The quantitative estimate of drug-likeness (QED) is 0.439. The molecule has 2 saturated heterocycles. The van der Waals surface area contributed by atoms with E-state index in [9.17, 15) is 18.0 Å². The van der Waals surface area contributed by atoms with E-state index in [2.05, 4.69) is 36.9 Å². The number of alkyl halides is 3. The van der Waals surface area contributed by atoms with Gasteiger partial charge in [0.1, 0.15) is 17.5 Å². The van der Waals surface area contributed by atoms with Crippen molar-refractivity contribution in [3.05, 3.63) is 46.8 Å². The summed E-state index contributed by atoms with van der Waals surface area (Å²) in [5, 5.41) is 12.9. The van der Waals surface area contributed by atoms with E-state index >= 15 is 0 Å². The second-order valence-corrected chi connectivity index (χ2v) is 12.6. The van der Waals surface area contributed by atoms with Crippen LogP contribution < -0.4 is 10.2 Å². The van der Waals surface area contributed by atoms with Crippen LogP contribution in [0.2, 0.25) is 0 Å². The van der Waals surface area contributed by atoms with E-state index in [0.717, 1.165) is 57.9 Å². The monoisotopic (exact) mass is 605 g/mol. The maximum absolute atomic E-state index is 13.7. The molecular formula is C29H38F3N7O2S. The highest BCUT2D eigenvalue weighted by Gasteiger charge is 2.37. The number of piperazine rings is 1. The number of thioether (sulfide) groups is 1. The third-order valence-electron chi connectivity index (χ3n) is 8.14. The molecule has 0 saturated carbocycles. The van der Waals surface area contributed by atoms with Crippen molar-refractivity contribution in [2.24, 2.45) is 4.99 Å². The van der Waals surface area contributed by atoms with Crippen molar-refractivity contribution in [2.45, 2.75) is 63.5 Å². The highest BCUT2D eigenvalue weighted by molar-refractivity contribution is 8.15. The Bertz CT molecular complexity index is 1320. The molecular weight excluding hydrogens is 567 g/mol. The number of hydrogen-bond acceptors (Lipinski definition) is 9. The van der Waals surface area contributed by atoms with Crippen molar-refractivity contribution < 1.29 is 23.1 Å². The van der Waals surface area contributed by atoms with Gasteiger partial charge < -0.3 is 15.3 Å². The first-order valence-corrected chi connectivity index (χ1v) is 15.3. The molecule has 0 radical (unpaired) electrons. The lowest BCUT2D eigenvalue weighted by Crippen LogP contribution is -2.47. The lowest BCUT2D eigenvalue weighted by molar-refractivity contribution is -0.138. The summed E-state index contributed by atoms with van der Waals surface area (Å²) in [6.45, 7) is 10.9. The second-order valence-electron chi connectivity index (χ2n) is 11.4. The number of hydrogen-bond donors (Lipinski definition) is 2. The van der Waals surface area contributed by atoms with Gasteiger partial charge in [-0.1, -0.05) is 23.4 Å². The zero-order valence-corrected chi connectivity index (χ0v) is 25.0. The van der Waals surface area contributed by atoms with Crippen LogP contribution in [0, 0.1) is 13.8 Å². The first-order valence-electron chi connectivity index (χ1n) is 14.4. The fourth-order valence-electron chi connectivity index (χ4n) is 5.92. The van der Waals surface area contributed by atoms with Gasteiger partial charge >= 0.3 is 12.1 Å². The lowest BCUT2D eigenvalue weighted by atomic mass is 9.98. The van der Waals surface area contributed by atoms with E-state index in [0.29, 0.717) is 40.5 Å². The largest absolute Gasteiger partial charge is 0.481 e. The number of aliphatic imine (C=N–C) groups is 1. The minimum absolute atomic E-state index is 0.0442. The topological polar surface area (TPSA) is 97.2 Å². The van der Waals surface area contributed by atoms with E-state index in [4.69, 9.17) is 10.1 Å². The average Bonchev–Trinajstić information content (AvgIpc) is 3.52. The molecule has 3 atom stereocenters. The Morgan fingerprint density at radius 1 is 1.10 bits per heavy atom. The molecule has 0 spiro atoms. The van der Waals surface area contributed by atoms with Crippen LogP contribution in [-0.2, 0) is 11.0 Å². The summed E-state index contributed by atoms with van der Waals surface area (Å²) >= 11 is 1.56. The van der Waals surface area contributed by atoms with E-state index in [1.807, 2.05) is 19.1 Å². The van der Waals surface area contributed by atoms with Gasteiger partial charge in [-0.25, -0.2) is 9.97 Å². The molecule has 3 aliphatic heterocycles. The summed E-state index contributed by atoms with van der Waals surface area (Å²) in [5.74, 6) is 1.17. The highest BCUT2D eigenvalue weighted by atomic mass is 32.2. The highest BCUT2D eigenvalue weighted by Crippen LogP contribution is 2.41. The standard InChI is InChI=1S/C29H38F3N7O2S/c1-18-13-21(15-22(14-18)29(30,31)32)27-23(17-39-7-4-5-19(39)2)42-28(36-27)35-24-16-25(34-20(3)33-24)38-11-9-37(10-12-38)8-6-26(40)41/h13-16,19,23,27H,4-12,17H2,1-3H3,(H,40,41)(H,33,34,35,36). The number of rotatable bonds is 8. The maximum Gasteiger partial charge on any atom is 0.416 e. The van der Waals surface area contributed by atoms with Crippen LogP contribution in [0.4, 0.5) is 24.8 Å². The number of aromatic nitrogens is 2. The predicted octanol–water partition coefficient (Wildman–Crippen LogP) is 4.82. The molecule has 2 N–H and O–H groups in total. The van der Waals surface area contributed by atoms with Gasteiger partial charge in [0.2, 0.25) is 0 Å². The number of aliphatic carboxylic acids is 1. The van der Waals surface area contributed by atoms with Gasteiger partial charge in [-0.15, -0.1) is 0 Å². The van der Waals surface area contributed by atoms with Crippen LogP contribution >= 0.6 is 11.8 Å². The molecule has 9 nitrogen and oxygen atoms in total. The molecule has 42 heavy (non-hydrogen) atoms. The van der Waals surface area contributed by atoms with Crippen LogP contribution in [0.5, 0.6) is 0 Å². The fourth-order valence-corrected chi connectivity index (χ4v) is 7.16. The summed E-state index contributed by atoms with van der Waals surface area (Å²) in [5.41, 5.74) is 0.490. The van der Waals surface area contributed by atoms with E-state index in [1.54, 1.807) is 18.7 Å². The summed E-state index contributed by atoms with van der Waals surface area (Å²) in [4.78, 5) is 31.8. The Morgan fingerprint density at radius 2 is 1.86 bits per heavy atom. The van der Waals surface area contributed by atoms with Crippen molar-refractivity contribution in [1.29, 1.82) is 0 Å². The van der Waals surface area contributed by atoms with E-state index < -0.39 is 23.8 Å². The zero-order chi connectivity index (χ0) is 30.0. The van der Waals surface area contributed by atoms with Gasteiger partial charge in [0, 0.05) is 51.4 Å². The maximum atomic E-state index is 13.7. The number of halogens is 3. The molecule has 4 heterocycles. The van der Waals surface area contributed by atoms with Gasteiger partial charge in [-0.05, 0) is 57.9 Å². The molecule has 228 valence electrons. The molecule has 0 bridgehead atoms. The molecule has 3 unspecified atom stereocenters. The molecule has 0 aliphatic carbocycles. The Kier molecular flexibility index (Phi) is 9.28. The number of nitrogens with zero attached hydrogens (tertiary/aromatic N) is 6. The Hall–Kier alpha value is -2.90. The lowest BCUT2D eigenvalue weighted by Gasteiger charge is -2.35. The predicted molar refractivity (Wildman–Crippen MR) is 159 cm³/mol. The minimum Gasteiger partial charge on any atom is -0.481 e. The Labute approximate surface area is 248 Å². The molecule has 1 aromatic carbocycles. The molecule has 1 aromatic heterocycles. The average molecular weight is 606 g/mol. The van der Waals surface area contributed by atoms with Crippen LogP contribution in [0.1, 0.15) is 54.7 Å². The number of benzene rings is 1. The smallest absolute Gasteiger partial charge is 0.416 e. The number of likely N-dealkylation sites (tertiary alicyclic amines) is 1.